The fourth-order valence-corrected chi connectivity index (χ4v) is 1.91. The first-order valence-corrected chi connectivity index (χ1v) is 6.20. The van der Waals surface area contributed by atoms with Crippen molar-refractivity contribution in [3.63, 3.8) is 0 Å². The van der Waals surface area contributed by atoms with Crippen LogP contribution in [0, 0.1) is 13.8 Å². The number of urea groups is 1. The molecule has 0 aliphatic rings. The van der Waals surface area contributed by atoms with E-state index in [2.05, 4.69) is 5.32 Å². The number of carbonyl (C=O) groups excluding carboxylic acids is 1. The Morgan fingerprint density at radius 3 is 2.47 bits per heavy atom. The third kappa shape index (κ3) is 3.71. The number of anilines is 1. The van der Waals surface area contributed by atoms with Crippen molar-refractivity contribution >= 4 is 17.7 Å². The first-order chi connectivity index (χ1) is 8.86. The van der Waals surface area contributed by atoms with Crippen LogP contribution in [0.15, 0.2) is 18.2 Å². The molecule has 0 heterocycles. The Hall–Kier alpha value is -2.04. The molecule has 5 heteroatoms. The maximum absolute atomic E-state index is 12.0. The van der Waals surface area contributed by atoms with E-state index in [-0.39, 0.29) is 0 Å². The summed E-state index contributed by atoms with van der Waals surface area (Å²) in [4.78, 5) is 24.2. The van der Waals surface area contributed by atoms with Crippen molar-refractivity contribution in [3.05, 3.63) is 29.3 Å². The quantitative estimate of drug-likeness (QED) is 0.878. The van der Waals surface area contributed by atoms with Crippen LogP contribution in [0.5, 0.6) is 0 Å². The molecule has 0 aliphatic carbocycles. The normalized spacial score (nSPS) is 11.8. The van der Waals surface area contributed by atoms with E-state index in [1.165, 1.54) is 11.9 Å². The smallest absolute Gasteiger partial charge is 0.326 e. The van der Waals surface area contributed by atoms with E-state index >= 15 is 0 Å². The van der Waals surface area contributed by atoms with Crippen LogP contribution in [0.1, 0.15) is 24.5 Å². The van der Waals surface area contributed by atoms with Crippen LogP contribution in [-0.2, 0) is 4.79 Å². The Balaban J connectivity index is 2.81. The van der Waals surface area contributed by atoms with Gasteiger partial charge in [-0.15, -0.1) is 0 Å². The molecule has 1 aromatic carbocycles. The van der Waals surface area contributed by atoms with Gasteiger partial charge in [-0.3, -0.25) is 0 Å². The van der Waals surface area contributed by atoms with Gasteiger partial charge in [0.2, 0.25) is 0 Å². The van der Waals surface area contributed by atoms with Gasteiger partial charge in [0.15, 0.2) is 0 Å². The van der Waals surface area contributed by atoms with Crippen molar-refractivity contribution in [3.8, 4) is 0 Å². The second-order valence-corrected chi connectivity index (χ2v) is 4.62. The molecular weight excluding hydrogens is 244 g/mol. The zero-order valence-corrected chi connectivity index (χ0v) is 11.7. The summed E-state index contributed by atoms with van der Waals surface area (Å²) in [5, 5.41) is 11.8. The summed E-state index contributed by atoms with van der Waals surface area (Å²) < 4.78 is 0. The zero-order chi connectivity index (χ0) is 14.6. The molecule has 1 atom stereocenters. The topological polar surface area (TPSA) is 69.6 Å². The predicted octanol–water partition coefficient (Wildman–Crippen LogP) is 2.63. The lowest BCUT2D eigenvalue weighted by Crippen LogP contribution is -2.44. The van der Waals surface area contributed by atoms with Crippen LogP contribution in [0.4, 0.5) is 10.5 Å². The third-order valence-corrected chi connectivity index (χ3v) is 3.08. The van der Waals surface area contributed by atoms with Gasteiger partial charge in [-0.1, -0.05) is 24.6 Å². The van der Waals surface area contributed by atoms with Crippen LogP contribution in [-0.4, -0.2) is 35.1 Å². The molecule has 19 heavy (non-hydrogen) atoms. The molecule has 0 spiro atoms. The van der Waals surface area contributed by atoms with E-state index in [9.17, 15) is 9.59 Å². The number of aryl methyl sites for hydroxylation is 2. The van der Waals surface area contributed by atoms with Crippen LogP contribution in [0.25, 0.3) is 0 Å². The van der Waals surface area contributed by atoms with Crippen LogP contribution >= 0.6 is 0 Å². The molecule has 0 aliphatic heterocycles. The van der Waals surface area contributed by atoms with Crippen LogP contribution < -0.4 is 5.32 Å². The van der Waals surface area contributed by atoms with Gasteiger partial charge in [-0.05, 0) is 31.9 Å². The number of amides is 2. The minimum atomic E-state index is -0.999. The standard InChI is InChI=1S/C14H20N2O3/c1-5-12(13(17)18)16(4)14(19)15-11-7-6-9(2)8-10(11)3/h6-8,12H,5H2,1-4H3,(H,15,19)(H,17,18). The molecule has 1 rings (SSSR count). The highest BCUT2D eigenvalue weighted by atomic mass is 16.4. The highest BCUT2D eigenvalue weighted by Crippen LogP contribution is 2.17. The molecule has 0 saturated carbocycles. The van der Waals surface area contributed by atoms with Crippen molar-refractivity contribution < 1.29 is 14.7 Å². The van der Waals surface area contributed by atoms with E-state index in [0.29, 0.717) is 12.1 Å². The number of hydrogen-bond donors (Lipinski definition) is 2. The average molecular weight is 264 g/mol. The zero-order valence-electron chi connectivity index (χ0n) is 11.7. The SMILES string of the molecule is CCC(C(=O)O)N(C)C(=O)Nc1ccc(C)cc1C. The first-order valence-electron chi connectivity index (χ1n) is 6.20. The van der Waals surface area contributed by atoms with Gasteiger partial charge in [-0.25, -0.2) is 9.59 Å². The lowest BCUT2D eigenvalue weighted by atomic mass is 10.1. The van der Waals surface area contributed by atoms with E-state index in [0.717, 1.165) is 11.1 Å². The van der Waals surface area contributed by atoms with Crippen LogP contribution in [0.2, 0.25) is 0 Å². The molecule has 5 nitrogen and oxygen atoms in total. The molecule has 0 fully saturated rings. The van der Waals surface area contributed by atoms with Crippen LogP contribution in [0.3, 0.4) is 0 Å². The van der Waals surface area contributed by atoms with Gasteiger partial charge >= 0.3 is 12.0 Å². The lowest BCUT2D eigenvalue weighted by Gasteiger charge is -2.24. The van der Waals surface area contributed by atoms with Gasteiger partial charge in [0, 0.05) is 12.7 Å². The number of carboxylic acids is 1. The Morgan fingerprint density at radius 1 is 1.37 bits per heavy atom. The highest BCUT2D eigenvalue weighted by molar-refractivity contribution is 5.92. The molecule has 0 saturated heterocycles. The molecule has 1 aromatic rings. The number of rotatable bonds is 4. The van der Waals surface area contributed by atoms with E-state index in [4.69, 9.17) is 5.11 Å². The van der Waals surface area contributed by atoms with Crippen molar-refractivity contribution in [1.82, 2.24) is 4.90 Å². The molecule has 104 valence electrons. The van der Waals surface area contributed by atoms with Crippen molar-refractivity contribution in [2.24, 2.45) is 0 Å². The number of aliphatic carboxylic acids is 1. The van der Waals surface area contributed by atoms with Crippen molar-refractivity contribution in [2.75, 3.05) is 12.4 Å². The minimum Gasteiger partial charge on any atom is -0.480 e. The average Bonchev–Trinajstić information content (AvgIpc) is 2.32. The van der Waals surface area contributed by atoms with Crippen molar-refractivity contribution in [1.29, 1.82) is 0 Å². The molecule has 0 bridgehead atoms. The van der Waals surface area contributed by atoms with Gasteiger partial charge in [-0.2, -0.15) is 0 Å². The number of nitrogens with one attached hydrogen (secondary N) is 1. The lowest BCUT2D eigenvalue weighted by molar-refractivity contribution is -0.141. The van der Waals surface area contributed by atoms with Gasteiger partial charge < -0.3 is 15.3 Å². The summed E-state index contributed by atoms with van der Waals surface area (Å²) in [5.74, 6) is -0.999. The second kappa shape index (κ2) is 6.22. The van der Waals surface area contributed by atoms with Gasteiger partial charge in [0.1, 0.15) is 6.04 Å². The summed E-state index contributed by atoms with van der Waals surface area (Å²) in [6.07, 6.45) is 0.367. The summed E-state index contributed by atoms with van der Waals surface area (Å²) in [5.41, 5.74) is 2.76. The second-order valence-electron chi connectivity index (χ2n) is 4.62. The number of carbonyl (C=O) groups is 2. The molecule has 1 unspecified atom stereocenters. The fraction of sp³-hybridized carbons (Fsp3) is 0.429. The first kappa shape index (κ1) is 15.0. The number of benzene rings is 1. The molecule has 0 radical (unpaired) electrons. The molecule has 2 amide bonds. The van der Waals surface area contributed by atoms with Gasteiger partial charge in [0.05, 0.1) is 0 Å². The Bertz CT molecular complexity index is 486. The molecule has 0 aromatic heterocycles. The number of hydrogen-bond acceptors (Lipinski definition) is 2. The van der Waals surface area contributed by atoms with E-state index in [1.54, 1.807) is 6.92 Å². The number of carboxylic acid groups (broad SMARTS) is 1. The summed E-state index contributed by atoms with van der Waals surface area (Å²) in [6, 6.07) is 4.45. The monoisotopic (exact) mass is 264 g/mol. The Kier molecular flexibility index (Phi) is 4.92. The fourth-order valence-electron chi connectivity index (χ4n) is 1.91. The summed E-state index contributed by atoms with van der Waals surface area (Å²) in [7, 11) is 1.49. The predicted molar refractivity (Wildman–Crippen MR) is 74.4 cm³/mol. The minimum absolute atomic E-state index is 0.367. The third-order valence-electron chi connectivity index (χ3n) is 3.08. The molecule has 2 N–H and O–H groups in total. The maximum atomic E-state index is 12.0. The highest BCUT2D eigenvalue weighted by Gasteiger charge is 2.24. The maximum Gasteiger partial charge on any atom is 0.326 e. The van der Waals surface area contributed by atoms with E-state index < -0.39 is 18.0 Å². The summed E-state index contributed by atoms with van der Waals surface area (Å²) >= 11 is 0. The molecular formula is C14H20N2O3. The number of nitrogens with zero attached hydrogens (tertiary/aromatic N) is 1. The Labute approximate surface area is 113 Å². The van der Waals surface area contributed by atoms with Gasteiger partial charge in [0.25, 0.3) is 0 Å². The van der Waals surface area contributed by atoms with E-state index in [1.807, 2.05) is 32.0 Å². The Morgan fingerprint density at radius 2 is 2.00 bits per heavy atom. The number of likely N-dealkylation sites (N-methyl/N-ethyl adjacent to an activating group) is 1. The van der Waals surface area contributed by atoms with Crippen molar-refractivity contribution in [2.45, 2.75) is 33.2 Å². The largest absolute Gasteiger partial charge is 0.480 e. The summed E-state index contributed by atoms with van der Waals surface area (Å²) in [6.45, 7) is 5.61.